The van der Waals surface area contributed by atoms with E-state index in [-0.39, 0.29) is 5.69 Å². The van der Waals surface area contributed by atoms with Crippen molar-refractivity contribution < 1.29 is 17.9 Å². The Morgan fingerprint density at radius 1 is 1.39 bits per heavy atom. The van der Waals surface area contributed by atoms with Crippen molar-refractivity contribution in [1.29, 1.82) is 0 Å². The first-order valence-corrected chi connectivity index (χ1v) is 5.94. The van der Waals surface area contributed by atoms with Crippen molar-refractivity contribution in [1.82, 2.24) is 0 Å². The Balaban J connectivity index is 2.19. The maximum absolute atomic E-state index is 12.8. The van der Waals surface area contributed by atoms with E-state index in [1.54, 1.807) is 13.2 Å². The van der Waals surface area contributed by atoms with Crippen molar-refractivity contribution in [3.05, 3.63) is 29.3 Å². The molecule has 18 heavy (non-hydrogen) atoms. The average molecular weight is 259 g/mol. The van der Waals surface area contributed by atoms with Crippen LogP contribution >= 0.6 is 0 Å². The lowest BCUT2D eigenvalue weighted by atomic mass is 9.90. The summed E-state index contributed by atoms with van der Waals surface area (Å²) in [6.45, 7) is 1.21. The lowest BCUT2D eigenvalue weighted by Crippen LogP contribution is -2.26. The second-order valence-corrected chi connectivity index (χ2v) is 4.57. The molecule has 0 amide bonds. The van der Waals surface area contributed by atoms with E-state index in [9.17, 15) is 13.2 Å². The molecule has 100 valence electrons. The van der Waals surface area contributed by atoms with Gasteiger partial charge in [0.15, 0.2) is 0 Å². The fourth-order valence-electron chi connectivity index (χ4n) is 2.33. The van der Waals surface area contributed by atoms with Gasteiger partial charge in [0.1, 0.15) is 0 Å². The quantitative estimate of drug-likeness (QED) is 0.899. The Bertz CT molecular complexity index is 417. The fourth-order valence-corrected chi connectivity index (χ4v) is 2.33. The molecule has 0 aromatic heterocycles. The molecule has 0 radical (unpaired) electrons. The van der Waals surface area contributed by atoms with Gasteiger partial charge in [-0.1, -0.05) is 12.1 Å². The predicted molar refractivity (Wildman–Crippen MR) is 63.6 cm³/mol. The minimum absolute atomic E-state index is 0.249. The highest BCUT2D eigenvalue weighted by molar-refractivity contribution is 5.60. The molecule has 1 aliphatic rings. The van der Waals surface area contributed by atoms with Crippen LogP contribution in [0.25, 0.3) is 0 Å². The van der Waals surface area contributed by atoms with E-state index in [0.717, 1.165) is 18.1 Å². The number of anilines is 1. The van der Waals surface area contributed by atoms with Gasteiger partial charge in [0.25, 0.3) is 0 Å². The number of fused-ring (bicyclic) bond motifs is 1. The number of rotatable bonds is 3. The molecule has 1 aliphatic heterocycles. The van der Waals surface area contributed by atoms with Gasteiger partial charge in [-0.15, -0.1) is 0 Å². The van der Waals surface area contributed by atoms with E-state index in [4.69, 9.17) is 4.74 Å². The van der Waals surface area contributed by atoms with E-state index in [1.807, 2.05) is 0 Å². The molecular weight excluding hydrogens is 243 g/mol. The van der Waals surface area contributed by atoms with Gasteiger partial charge in [0.05, 0.1) is 5.56 Å². The van der Waals surface area contributed by atoms with Gasteiger partial charge in [-0.25, -0.2) is 0 Å². The first-order valence-electron chi connectivity index (χ1n) is 5.94. The first-order chi connectivity index (χ1) is 8.52. The molecule has 1 unspecified atom stereocenters. The minimum atomic E-state index is -4.29. The molecule has 0 spiro atoms. The molecule has 1 aromatic carbocycles. The maximum Gasteiger partial charge on any atom is 0.418 e. The third-order valence-corrected chi connectivity index (χ3v) is 3.26. The predicted octanol–water partition coefficient (Wildman–Crippen LogP) is 3.33. The molecule has 2 rings (SSSR count). The molecule has 1 heterocycles. The Kier molecular flexibility index (Phi) is 3.80. The molecule has 0 fully saturated rings. The lowest BCUT2D eigenvalue weighted by molar-refractivity contribution is -0.137. The largest absolute Gasteiger partial charge is 0.418 e. The zero-order valence-electron chi connectivity index (χ0n) is 10.2. The van der Waals surface area contributed by atoms with Crippen LogP contribution in [0.2, 0.25) is 0 Å². The van der Waals surface area contributed by atoms with Crippen LogP contribution in [0.3, 0.4) is 0 Å². The molecular formula is C13H16F3NO. The number of benzene rings is 1. The van der Waals surface area contributed by atoms with E-state index in [1.165, 1.54) is 6.07 Å². The van der Waals surface area contributed by atoms with Crippen LogP contribution in [0.1, 0.15) is 17.5 Å². The number of hydrogen-bond donors (Lipinski definition) is 1. The highest BCUT2D eigenvalue weighted by Crippen LogP contribution is 2.39. The summed E-state index contributed by atoms with van der Waals surface area (Å²) in [7, 11) is 1.63. The van der Waals surface area contributed by atoms with Gasteiger partial charge < -0.3 is 10.1 Å². The SMILES string of the molecule is COCCC1CNc2c(cccc2C(F)(F)F)C1. The van der Waals surface area contributed by atoms with Crippen LogP contribution in [-0.4, -0.2) is 20.3 Å². The van der Waals surface area contributed by atoms with Crippen molar-refractivity contribution in [2.45, 2.75) is 19.0 Å². The Hall–Kier alpha value is -1.23. The van der Waals surface area contributed by atoms with Crippen LogP contribution in [0.5, 0.6) is 0 Å². The zero-order chi connectivity index (χ0) is 13.2. The number of nitrogens with one attached hydrogen (secondary N) is 1. The number of halogens is 3. The Labute approximate surface area is 104 Å². The third-order valence-electron chi connectivity index (χ3n) is 3.26. The molecule has 1 N–H and O–H groups in total. The summed E-state index contributed by atoms with van der Waals surface area (Å²) >= 11 is 0. The van der Waals surface area contributed by atoms with Crippen molar-refractivity contribution in [2.24, 2.45) is 5.92 Å². The normalized spacial score (nSPS) is 19.2. The fraction of sp³-hybridized carbons (Fsp3) is 0.538. The number of hydrogen-bond acceptors (Lipinski definition) is 2. The summed E-state index contributed by atoms with van der Waals surface area (Å²) in [5, 5.41) is 2.92. The lowest BCUT2D eigenvalue weighted by Gasteiger charge is -2.28. The second-order valence-electron chi connectivity index (χ2n) is 4.57. The second kappa shape index (κ2) is 5.18. The minimum Gasteiger partial charge on any atom is -0.385 e. The molecule has 0 saturated heterocycles. The van der Waals surface area contributed by atoms with E-state index in [0.29, 0.717) is 25.5 Å². The summed E-state index contributed by atoms with van der Waals surface area (Å²) in [6.07, 6.45) is -2.76. The Morgan fingerprint density at radius 2 is 2.17 bits per heavy atom. The van der Waals surface area contributed by atoms with Gasteiger partial charge >= 0.3 is 6.18 Å². The first kappa shape index (κ1) is 13.2. The van der Waals surface area contributed by atoms with Gasteiger partial charge in [-0.2, -0.15) is 13.2 Å². The molecule has 2 nitrogen and oxygen atoms in total. The topological polar surface area (TPSA) is 21.3 Å². The van der Waals surface area contributed by atoms with Crippen LogP contribution in [0.15, 0.2) is 18.2 Å². The highest BCUT2D eigenvalue weighted by atomic mass is 19.4. The standard InChI is InChI=1S/C13H16F3NO/c1-18-6-5-9-7-10-3-2-4-11(13(14,15)16)12(10)17-8-9/h2-4,9,17H,5-8H2,1H3. The molecule has 1 atom stereocenters. The molecule has 1 aromatic rings. The zero-order valence-corrected chi connectivity index (χ0v) is 10.2. The summed E-state index contributed by atoms with van der Waals surface area (Å²) in [5.74, 6) is 0.334. The van der Waals surface area contributed by atoms with Crippen LogP contribution < -0.4 is 5.32 Å². The highest BCUT2D eigenvalue weighted by Gasteiger charge is 2.35. The summed E-state index contributed by atoms with van der Waals surface area (Å²) < 4.78 is 43.4. The molecule has 0 aliphatic carbocycles. The van der Waals surface area contributed by atoms with Crippen LogP contribution in [-0.2, 0) is 17.3 Å². The van der Waals surface area contributed by atoms with Gasteiger partial charge in [-0.3, -0.25) is 0 Å². The number of ether oxygens (including phenoxy) is 1. The summed E-state index contributed by atoms with van der Waals surface area (Å²) in [6, 6.07) is 4.36. The van der Waals surface area contributed by atoms with Crippen molar-refractivity contribution in [2.75, 3.05) is 25.6 Å². The third kappa shape index (κ3) is 2.77. The summed E-state index contributed by atoms with van der Waals surface area (Å²) in [4.78, 5) is 0. The number of methoxy groups -OCH3 is 1. The molecule has 0 bridgehead atoms. The van der Waals surface area contributed by atoms with Gasteiger partial charge in [0.2, 0.25) is 0 Å². The maximum atomic E-state index is 12.8. The smallest absolute Gasteiger partial charge is 0.385 e. The molecule has 0 saturated carbocycles. The van der Waals surface area contributed by atoms with Crippen molar-refractivity contribution in [3.8, 4) is 0 Å². The molecule has 5 heteroatoms. The van der Waals surface area contributed by atoms with Gasteiger partial charge in [0, 0.05) is 25.9 Å². The number of alkyl halides is 3. The van der Waals surface area contributed by atoms with Crippen LogP contribution in [0.4, 0.5) is 18.9 Å². The summed E-state index contributed by atoms with van der Waals surface area (Å²) in [5.41, 5.74) is 0.432. The van der Waals surface area contributed by atoms with E-state index in [2.05, 4.69) is 5.32 Å². The van der Waals surface area contributed by atoms with Gasteiger partial charge in [-0.05, 0) is 30.4 Å². The van der Waals surface area contributed by atoms with Crippen LogP contribution in [0, 0.1) is 5.92 Å². The number of para-hydroxylation sites is 1. The van der Waals surface area contributed by atoms with Crippen molar-refractivity contribution in [3.63, 3.8) is 0 Å². The Morgan fingerprint density at radius 3 is 2.83 bits per heavy atom. The monoisotopic (exact) mass is 259 g/mol. The average Bonchev–Trinajstić information content (AvgIpc) is 2.34. The van der Waals surface area contributed by atoms with E-state index >= 15 is 0 Å². The van der Waals surface area contributed by atoms with Crippen molar-refractivity contribution >= 4 is 5.69 Å². The van der Waals surface area contributed by atoms with E-state index < -0.39 is 11.7 Å².